The van der Waals surface area contributed by atoms with Crippen molar-refractivity contribution in [3.8, 4) is 0 Å². The van der Waals surface area contributed by atoms with Gasteiger partial charge in [0.05, 0.1) is 11.0 Å². The highest BCUT2D eigenvalue weighted by Gasteiger charge is 2.36. The summed E-state index contributed by atoms with van der Waals surface area (Å²) < 4.78 is 13.6. The largest absolute Gasteiger partial charge is 0.330 e. The lowest BCUT2D eigenvalue weighted by molar-refractivity contribution is 0.0715. The lowest BCUT2D eigenvalue weighted by Gasteiger charge is -2.27. The van der Waals surface area contributed by atoms with Gasteiger partial charge in [0.25, 0.3) is 5.91 Å². The Morgan fingerprint density at radius 3 is 3.09 bits per heavy atom. The number of carbonyl (C=O) groups excluding carboxylic acids is 1. The van der Waals surface area contributed by atoms with Gasteiger partial charge in [-0.1, -0.05) is 19.1 Å². The molecule has 0 bridgehead atoms. The molecule has 1 fully saturated rings. The zero-order chi connectivity index (χ0) is 16.4. The number of rotatable bonds is 4. The van der Waals surface area contributed by atoms with E-state index in [1.807, 2.05) is 11.0 Å². The van der Waals surface area contributed by atoms with E-state index in [0.29, 0.717) is 31.1 Å². The molecular weight excluding hydrogens is 313 g/mol. The Bertz CT molecular complexity index is 703. The molecule has 1 aromatic heterocycles. The van der Waals surface area contributed by atoms with Gasteiger partial charge < -0.3 is 10.6 Å². The molecule has 1 aliphatic heterocycles. The smallest absolute Gasteiger partial charge is 0.273 e. The van der Waals surface area contributed by atoms with Crippen molar-refractivity contribution in [2.75, 3.05) is 13.1 Å². The Hall–Kier alpha value is -1.79. The second-order valence-electron chi connectivity index (χ2n) is 5.93. The van der Waals surface area contributed by atoms with Crippen molar-refractivity contribution in [2.45, 2.75) is 25.8 Å². The number of nitrogens with zero attached hydrogens (tertiary/aromatic N) is 2. The van der Waals surface area contributed by atoms with E-state index in [4.69, 9.17) is 5.73 Å². The maximum Gasteiger partial charge on any atom is 0.273 e. The molecule has 2 heterocycles. The average molecular weight is 333 g/mol. The van der Waals surface area contributed by atoms with Crippen molar-refractivity contribution in [1.82, 2.24) is 9.88 Å². The molecule has 1 saturated heterocycles. The molecule has 2 N–H and O–H groups in total. The van der Waals surface area contributed by atoms with Crippen LogP contribution in [0.3, 0.4) is 0 Å². The lowest BCUT2D eigenvalue weighted by atomic mass is 9.95. The molecule has 4 nitrogen and oxygen atoms in total. The normalized spacial score (nSPS) is 20.9. The van der Waals surface area contributed by atoms with Crippen molar-refractivity contribution < 1.29 is 9.18 Å². The van der Waals surface area contributed by atoms with Crippen LogP contribution in [0.25, 0.3) is 0 Å². The summed E-state index contributed by atoms with van der Waals surface area (Å²) >= 11 is 1.46. The minimum Gasteiger partial charge on any atom is -0.330 e. The van der Waals surface area contributed by atoms with Gasteiger partial charge in [0, 0.05) is 18.3 Å². The van der Waals surface area contributed by atoms with E-state index in [1.165, 1.54) is 23.5 Å². The lowest BCUT2D eigenvalue weighted by Crippen LogP contribution is -2.32. The van der Waals surface area contributed by atoms with E-state index in [1.54, 1.807) is 11.4 Å². The van der Waals surface area contributed by atoms with Crippen LogP contribution in [-0.4, -0.2) is 28.9 Å². The van der Waals surface area contributed by atoms with Crippen LogP contribution in [0.4, 0.5) is 4.39 Å². The molecule has 2 unspecified atom stereocenters. The molecule has 122 valence electrons. The van der Waals surface area contributed by atoms with Crippen molar-refractivity contribution in [1.29, 1.82) is 0 Å². The summed E-state index contributed by atoms with van der Waals surface area (Å²) in [6.45, 7) is 3.29. The van der Waals surface area contributed by atoms with E-state index in [9.17, 15) is 9.18 Å². The number of benzene rings is 1. The third kappa shape index (κ3) is 3.28. The van der Waals surface area contributed by atoms with Gasteiger partial charge in [-0.05, 0) is 36.6 Å². The summed E-state index contributed by atoms with van der Waals surface area (Å²) in [5.74, 6) is -0.0566. The molecule has 3 rings (SSSR count). The first kappa shape index (κ1) is 16.1. The Balaban J connectivity index is 1.86. The van der Waals surface area contributed by atoms with E-state index in [-0.39, 0.29) is 17.8 Å². The molecule has 0 radical (unpaired) electrons. The molecular formula is C17H20FN3OS. The van der Waals surface area contributed by atoms with Crippen LogP contribution in [0.5, 0.6) is 0 Å². The molecule has 0 saturated carbocycles. The number of hydrogen-bond acceptors (Lipinski definition) is 4. The maximum absolute atomic E-state index is 13.6. The van der Waals surface area contributed by atoms with Crippen LogP contribution in [0.2, 0.25) is 0 Å². The number of thiazole rings is 1. The van der Waals surface area contributed by atoms with Gasteiger partial charge in [-0.2, -0.15) is 0 Å². The summed E-state index contributed by atoms with van der Waals surface area (Å²) in [6, 6.07) is 6.43. The van der Waals surface area contributed by atoms with Crippen molar-refractivity contribution >= 4 is 17.2 Å². The average Bonchev–Trinajstić information content (AvgIpc) is 3.14. The predicted octanol–water partition coefficient (Wildman–Crippen LogP) is 3.01. The number of nitrogens with two attached hydrogens (primary N) is 1. The molecule has 0 aliphatic carbocycles. The van der Waals surface area contributed by atoms with E-state index >= 15 is 0 Å². The minimum atomic E-state index is -0.270. The van der Waals surface area contributed by atoms with Crippen LogP contribution in [0.15, 0.2) is 29.6 Å². The first-order valence-electron chi connectivity index (χ1n) is 7.81. The van der Waals surface area contributed by atoms with Crippen LogP contribution < -0.4 is 5.73 Å². The summed E-state index contributed by atoms with van der Waals surface area (Å²) in [7, 11) is 0. The number of carbonyl (C=O) groups is 1. The number of aromatic nitrogens is 1. The minimum absolute atomic E-state index is 0.0804. The second kappa shape index (κ2) is 6.76. The summed E-state index contributed by atoms with van der Waals surface area (Å²) in [5.41, 5.74) is 6.85. The summed E-state index contributed by atoms with van der Waals surface area (Å²) in [6.07, 6.45) is 1.59. The molecule has 2 aromatic rings. The Morgan fingerprint density at radius 1 is 1.52 bits per heavy atom. The molecule has 1 aliphatic rings. The highest BCUT2D eigenvalue weighted by molar-refractivity contribution is 7.09. The van der Waals surface area contributed by atoms with Crippen molar-refractivity contribution in [2.24, 2.45) is 11.7 Å². The van der Waals surface area contributed by atoms with Crippen LogP contribution in [0.1, 0.15) is 40.4 Å². The number of hydrogen-bond donors (Lipinski definition) is 1. The predicted molar refractivity (Wildman–Crippen MR) is 88.8 cm³/mol. The quantitative estimate of drug-likeness (QED) is 0.936. The molecule has 23 heavy (non-hydrogen) atoms. The highest BCUT2D eigenvalue weighted by atomic mass is 32.1. The van der Waals surface area contributed by atoms with E-state index < -0.39 is 0 Å². The third-order valence-electron chi connectivity index (χ3n) is 4.28. The fourth-order valence-electron chi connectivity index (χ4n) is 3.17. The van der Waals surface area contributed by atoms with Crippen LogP contribution in [-0.2, 0) is 6.42 Å². The van der Waals surface area contributed by atoms with Gasteiger partial charge in [-0.25, -0.2) is 9.37 Å². The second-order valence-corrected chi connectivity index (χ2v) is 6.87. The molecule has 0 spiro atoms. The van der Waals surface area contributed by atoms with Crippen molar-refractivity contribution in [3.63, 3.8) is 0 Å². The topological polar surface area (TPSA) is 59.2 Å². The fraction of sp³-hybridized carbons (Fsp3) is 0.412. The summed E-state index contributed by atoms with van der Waals surface area (Å²) in [5, 5.41) is 2.67. The number of amides is 1. The molecule has 1 aromatic carbocycles. The molecule has 6 heteroatoms. The Kier molecular flexibility index (Phi) is 4.73. The zero-order valence-electron chi connectivity index (χ0n) is 13.0. The van der Waals surface area contributed by atoms with Gasteiger partial charge in [-0.15, -0.1) is 11.3 Å². The van der Waals surface area contributed by atoms with Gasteiger partial charge in [0.2, 0.25) is 0 Å². The first-order valence-corrected chi connectivity index (χ1v) is 8.69. The van der Waals surface area contributed by atoms with Crippen LogP contribution >= 0.6 is 11.3 Å². The fourth-order valence-corrected chi connectivity index (χ4v) is 3.96. The Labute approximate surface area is 139 Å². The number of halogens is 1. The first-order chi connectivity index (χ1) is 11.1. The zero-order valence-corrected chi connectivity index (χ0v) is 13.9. The summed E-state index contributed by atoms with van der Waals surface area (Å²) in [4.78, 5) is 19.0. The Morgan fingerprint density at radius 2 is 2.35 bits per heavy atom. The van der Waals surface area contributed by atoms with Gasteiger partial charge >= 0.3 is 0 Å². The molecule has 1 amide bonds. The maximum atomic E-state index is 13.6. The standard InChI is InChI=1S/C17H20FN3OS/c1-11-6-8-21(16(11)12-3-2-4-13(18)9-12)17(22)14-10-23-15(20-14)5-7-19/h2-4,9-11,16H,5-8,19H2,1H3. The van der Waals surface area contributed by atoms with Gasteiger partial charge in [-0.3, -0.25) is 4.79 Å². The SMILES string of the molecule is CC1CCN(C(=O)c2csc(CCN)n2)C1c1cccc(F)c1. The molecule has 2 atom stereocenters. The van der Waals surface area contributed by atoms with Crippen molar-refractivity contribution in [3.05, 3.63) is 51.7 Å². The third-order valence-corrected chi connectivity index (χ3v) is 5.19. The van der Waals surface area contributed by atoms with Gasteiger partial charge in [0.1, 0.15) is 11.5 Å². The van der Waals surface area contributed by atoms with Crippen LogP contribution in [0, 0.1) is 11.7 Å². The highest BCUT2D eigenvalue weighted by Crippen LogP contribution is 2.38. The monoisotopic (exact) mass is 333 g/mol. The van der Waals surface area contributed by atoms with E-state index in [0.717, 1.165) is 17.0 Å². The number of likely N-dealkylation sites (tertiary alicyclic amines) is 1. The van der Waals surface area contributed by atoms with E-state index in [2.05, 4.69) is 11.9 Å². The van der Waals surface area contributed by atoms with Gasteiger partial charge in [0.15, 0.2) is 0 Å².